The van der Waals surface area contributed by atoms with Crippen molar-refractivity contribution in [2.75, 3.05) is 13.1 Å². The maximum atomic E-state index is 12.8. The summed E-state index contributed by atoms with van der Waals surface area (Å²) in [6, 6.07) is 5.13. The molecule has 0 saturated carbocycles. The number of fused-ring (bicyclic) bond motifs is 1. The minimum absolute atomic E-state index is 0.0831. The second-order valence-corrected chi connectivity index (χ2v) is 8.03. The molecule has 1 aliphatic carbocycles. The van der Waals surface area contributed by atoms with Gasteiger partial charge in [0.05, 0.1) is 4.90 Å². The van der Waals surface area contributed by atoms with Crippen LogP contribution in [0.5, 0.6) is 0 Å². The Morgan fingerprint density at radius 1 is 1.14 bits per heavy atom. The Hall–Kier alpha value is -1.05. The third-order valence-corrected chi connectivity index (χ3v) is 6.60. The highest BCUT2D eigenvalue weighted by Crippen LogP contribution is 2.32. The molecule has 0 spiro atoms. The molecule has 3 rings (SSSR count). The third-order valence-electron chi connectivity index (χ3n) is 4.70. The lowest BCUT2D eigenvalue weighted by Gasteiger charge is -2.36. The number of sulfonamides is 1. The van der Waals surface area contributed by atoms with Crippen LogP contribution in [0.15, 0.2) is 23.1 Å². The van der Waals surface area contributed by atoms with E-state index in [-0.39, 0.29) is 30.8 Å². The van der Waals surface area contributed by atoms with E-state index in [1.807, 2.05) is 6.07 Å². The SMILES string of the molecule is O=S(=O)(c1ccc2c(c1)CCC2)N1CCC(O)(C(F)F)CC1. The van der Waals surface area contributed by atoms with Gasteiger partial charge in [-0.05, 0) is 55.4 Å². The number of aliphatic hydroxyl groups is 1. The van der Waals surface area contributed by atoms with Gasteiger partial charge in [-0.1, -0.05) is 6.07 Å². The van der Waals surface area contributed by atoms with Crippen LogP contribution in [0.4, 0.5) is 8.78 Å². The first-order valence-electron chi connectivity index (χ1n) is 7.45. The summed E-state index contributed by atoms with van der Waals surface area (Å²) in [7, 11) is -3.68. The number of alkyl halides is 2. The number of rotatable bonds is 3. The Bertz CT molecular complexity index is 667. The number of nitrogens with zero attached hydrogens (tertiary/aromatic N) is 1. The Morgan fingerprint density at radius 2 is 1.77 bits per heavy atom. The zero-order valence-electron chi connectivity index (χ0n) is 12.1. The molecule has 4 nitrogen and oxygen atoms in total. The Kier molecular flexibility index (Phi) is 3.99. The Morgan fingerprint density at radius 3 is 2.41 bits per heavy atom. The van der Waals surface area contributed by atoms with Gasteiger partial charge in [-0.2, -0.15) is 4.31 Å². The van der Waals surface area contributed by atoms with Gasteiger partial charge in [-0.3, -0.25) is 0 Å². The summed E-state index contributed by atoms with van der Waals surface area (Å²) >= 11 is 0. The summed E-state index contributed by atoms with van der Waals surface area (Å²) in [5.41, 5.74) is 0.177. The molecule has 1 N–H and O–H groups in total. The quantitative estimate of drug-likeness (QED) is 0.921. The van der Waals surface area contributed by atoms with Crippen molar-refractivity contribution in [2.45, 2.75) is 49.0 Å². The van der Waals surface area contributed by atoms with E-state index < -0.39 is 22.0 Å². The topological polar surface area (TPSA) is 57.6 Å². The van der Waals surface area contributed by atoms with E-state index in [0.29, 0.717) is 0 Å². The Labute approximate surface area is 128 Å². The lowest BCUT2D eigenvalue weighted by molar-refractivity contribution is -0.119. The van der Waals surface area contributed by atoms with Crippen LogP contribution in [-0.4, -0.2) is 42.9 Å². The van der Waals surface area contributed by atoms with Crippen molar-refractivity contribution in [3.8, 4) is 0 Å². The fourth-order valence-electron chi connectivity index (χ4n) is 3.19. The number of halogens is 2. The largest absolute Gasteiger partial charge is 0.384 e. The molecule has 1 aliphatic heterocycles. The predicted octanol–water partition coefficient (Wildman–Crippen LogP) is 1.96. The number of benzene rings is 1. The molecular weight excluding hydrogens is 312 g/mol. The summed E-state index contributed by atoms with van der Waals surface area (Å²) < 4.78 is 52.0. The molecule has 1 saturated heterocycles. The zero-order valence-corrected chi connectivity index (χ0v) is 13.0. The molecule has 2 aliphatic rings. The fraction of sp³-hybridized carbons (Fsp3) is 0.600. The highest BCUT2D eigenvalue weighted by atomic mass is 32.2. The van der Waals surface area contributed by atoms with Gasteiger partial charge in [-0.15, -0.1) is 0 Å². The molecule has 22 heavy (non-hydrogen) atoms. The number of piperidine rings is 1. The second-order valence-electron chi connectivity index (χ2n) is 6.09. The van der Waals surface area contributed by atoms with Crippen molar-refractivity contribution in [2.24, 2.45) is 0 Å². The molecule has 0 aromatic heterocycles. The first kappa shape index (κ1) is 15.8. The molecule has 0 unspecified atom stereocenters. The molecule has 0 radical (unpaired) electrons. The van der Waals surface area contributed by atoms with Gasteiger partial charge in [0.25, 0.3) is 6.43 Å². The van der Waals surface area contributed by atoms with E-state index in [4.69, 9.17) is 0 Å². The average Bonchev–Trinajstić information content (AvgIpc) is 2.95. The first-order valence-corrected chi connectivity index (χ1v) is 8.89. The van der Waals surface area contributed by atoms with E-state index in [2.05, 4.69) is 0 Å². The highest BCUT2D eigenvalue weighted by molar-refractivity contribution is 7.89. The Balaban J connectivity index is 1.80. The van der Waals surface area contributed by atoms with Crippen molar-refractivity contribution < 1.29 is 22.3 Å². The lowest BCUT2D eigenvalue weighted by Crippen LogP contribution is -2.50. The summed E-state index contributed by atoms with van der Waals surface area (Å²) in [5.74, 6) is 0. The molecule has 7 heteroatoms. The first-order chi connectivity index (χ1) is 10.3. The molecule has 1 aromatic carbocycles. The summed E-state index contributed by atoms with van der Waals surface area (Å²) in [4.78, 5) is 0.218. The van der Waals surface area contributed by atoms with Gasteiger partial charge in [0.2, 0.25) is 10.0 Å². The van der Waals surface area contributed by atoms with E-state index in [1.165, 1.54) is 9.87 Å². The molecule has 0 atom stereocenters. The smallest absolute Gasteiger partial charge is 0.266 e. The van der Waals surface area contributed by atoms with Gasteiger partial charge in [-0.25, -0.2) is 17.2 Å². The number of hydrogen-bond acceptors (Lipinski definition) is 3. The maximum Gasteiger partial charge on any atom is 0.266 e. The van der Waals surface area contributed by atoms with Gasteiger partial charge in [0.1, 0.15) is 5.60 Å². The van der Waals surface area contributed by atoms with Crippen molar-refractivity contribution in [1.29, 1.82) is 0 Å². The van der Waals surface area contributed by atoms with Gasteiger partial charge < -0.3 is 5.11 Å². The van der Waals surface area contributed by atoms with Crippen molar-refractivity contribution in [1.82, 2.24) is 4.31 Å². The average molecular weight is 331 g/mol. The normalized spacial score (nSPS) is 22.0. The van der Waals surface area contributed by atoms with Crippen molar-refractivity contribution >= 4 is 10.0 Å². The fourth-order valence-corrected chi connectivity index (χ4v) is 4.68. The number of hydrogen-bond donors (Lipinski definition) is 1. The third kappa shape index (κ3) is 2.66. The van der Waals surface area contributed by atoms with Gasteiger partial charge >= 0.3 is 0 Å². The van der Waals surface area contributed by atoms with E-state index in [0.717, 1.165) is 24.8 Å². The van der Waals surface area contributed by atoms with Crippen LogP contribution in [0.25, 0.3) is 0 Å². The van der Waals surface area contributed by atoms with Gasteiger partial charge in [0.15, 0.2) is 0 Å². The monoisotopic (exact) mass is 331 g/mol. The van der Waals surface area contributed by atoms with E-state index >= 15 is 0 Å². The van der Waals surface area contributed by atoms with E-state index in [9.17, 15) is 22.3 Å². The molecule has 1 heterocycles. The zero-order chi connectivity index (χ0) is 16.0. The summed E-state index contributed by atoms with van der Waals surface area (Å²) in [5, 5.41) is 9.76. The van der Waals surface area contributed by atoms with Crippen LogP contribution in [-0.2, 0) is 22.9 Å². The highest BCUT2D eigenvalue weighted by Gasteiger charge is 2.43. The minimum atomic E-state index is -3.68. The van der Waals surface area contributed by atoms with Gasteiger partial charge in [0, 0.05) is 13.1 Å². The van der Waals surface area contributed by atoms with Crippen LogP contribution in [0.3, 0.4) is 0 Å². The lowest BCUT2D eigenvalue weighted by atomic mass is 9.93. The second kappa shape index (κ2) is 5.54. The molecule has 122 valence electrons. The standard InChI is InChI=1S/C15H19F2NO3S/c16-14(17)15(19)6-8-18(9-7-15)22(20,21)13-5-4-11-2-1-3-12(11)10-13/h4-5,10,14,19H,1-3,6-9H2. The van der Waals surface area contributed by atoms with Crippen LogP contribution >= 0.6 is 0 Å². The summed E-state index contributed by atoms with van der Waals surface area (Å²) in [6.07, 6.45) is -0.449. The minimum Gasteiger partial charge on any atom is -0.384 e. The van der Waals surface area contributed by atoms with Crippen LogP contribution in [0, 0.1) is 0 Å². The van der Waals surface area contributed by atoms with Crippen LogP contribution in [0.1, 0.15) is 30.4 Å². The maximum absolute atomic E-state index is 12.8. The molecule has 1 fully saturated rings. The van der Waals surface area contributed by atoms with Crippen LogP contribution in [0.2, 0.25) is 0 Å². The molecule has 1 aromatic rings. The summed E-state index contributed by atoms with van der Waals surface area (Å²) in [6.45, 7) is -0.166. The van der Waals surface area contributed by atoms with E-state index in [1.54, 1.807) is 12.1 Å². The molecular formula is C15H19F2NO3S. The molecule has 0 bridgehead atoms. The predicted molar refractivity (Wildman–Crippen MR) is 77.4 cm³/mol. The van der Waals surface area contributed by atoms with Crippen molar-refractivity contribution in [3.05, 3.63) is 29.3 Å². The molecule has 0 amide bonds. The van der Waals surface area contributed by atoms with Crippen molar-refractivity contribution in [3.63, 3.8) is 0 Å². The van der Waals surface area contributed by atoms with Crippen LogP contribution < -0.4 is 0 Å². The number of aryl methyl sites for hydroxylation is 2.